The normalized spacial score (nSPS) is 18.1. The van der Waals surface area contributed by atoms with Gasteiger partial charge in [-0.2, -0.15) is 0 Å². The lowest BCUT2D eigenvalue weighted by atomic mass is 9.84. The van der Waals surface area contributed by atoms with Crippen molar-refractivity contribution in [1.29, 1.82) is 0 Å². The molecule has 0 saturated heterocycles. The number of aromatic carboxylic acids is 2. The molecule has 0 amide bonds. The fourth-order valence-corrected chi connectivity index (χ4v) is 4.33. The second-order valence-corrected chi connectivity index (χ2v) is 8.84. The zero-order valence-corrected chi connectivity index (χ0v) is 20.2. The average molecular weight is 505 g/mol. The highest BCUT2D eigenvalue weighted by Gasteiger charge is 2.32. The largest absolute Gasteiger partial charge is 0.478 e. The third kappa shape index (κ3) is 5.34. The van der Waals surface area contributed by atoms with Crippen molar-refractivity contribution in [3.63, 3.8) is 0 Å². The molecule has 0 fully saturated rings. The highest BCUT2D eigenvalue weighted by atomic mass is 16.5. The molecular weight excluding hydrogens is 480 g/mol. The van der Waals surface area contributed by atoms with Crippen LogP contribution in [0.5, 0.6) is 17.2 Å². The summed E-state index contributed by atoms with van der Waals surface area (Å²) in [6.45, 7) is 0. The van der Waals surface area contributed by atoms with E-state index in [2.05, 4.69) is 12.2 Å². The van der Waals surface area contributed by atoms with E-state index >= 15 is 0 Å². The van der Waals surface area contributed by atoms with Crippen molar-refractivity contribution < 1.29 is 29.3 Å². The predicted octanol–water partition coefficient (Wildman–Crippen LogP) is 7.06. The van der Waals surface area contributed by atoms with Crippen LogP contribution in [-0.2, 0) is 5.60 Å². The number of carboxylic acid groups (broad SMARTS) is 2. The molecule has 2 N–H and O–H groups in total. The van der Waals surface area contributed by atoms with Gasteiger partial charge in [-0.05, 0) is 66.2 Å². The van der Waals surface area contributed by atoms with Gasteiger partial charge in [-0.3, -0.25) is 0 Å². The smallest absolute Gasteiger partial charge is 0.335 e. The first-order valence-electron chi connectivity index (χ1n) is 12.0. The molecule has 4 aromatic rings. The van der Waals surface area contributed by atoms with E-state index in [9.17, 15) is 19.8 Å². The number of benzene rings is 4. The number of ether oxygens (including phenoxy) is 2. The van der Waals surface area contributed by atoms with E-state index in [0.29, 0.717) is 17.2 Å². The Balaban J connectivity index is 1.37. The molecule has 6 heteroatoms. The fourth-order valence-electron chi connectivity index (χ4n) is 4.33. The molecule has 0 radical (unpaired) electrons. The molecule has 6 nitrogen and oxygen atoms in total. The van der Waals surface area contributed by atoms with Gasteiger partial charge < -0.3 is 19.7 Å². The van der Waals surface area contributed by atoms with E-state index in [4.69, 9.17) is 9.47 Å². The second kappa shape index (κ2) is 10.5. The molecule has 188 valence electrons. The Morgan fingerprint density at radius 3 is 1.82 bits per heavy atom. The van der Waals surface area contributed by atoms with Crippen molar-refractivity contribution in [3.05, 3.63) is 150 Å². The second-order valence-electron chi connectivity index (χ2n) is 8.84. The number of hydrogen-bond acceptors (Lipinski definition) is 4. The minimum atomic E-state index is -1.01. The zero-order chi connectivity index (χ0) is 26.5. The number of carboxylic acids is 2. The van der Waals surface area contributed by atoms with Gasteiger partial charge in [0.2, 0.25) is 0 Å². The van der Waals surface area contributed by atoms with Crippen molar-refractivity contribution in [1.82, 2.24) is 0 Å². The predicted molar refractivity (Wildman–Crippen MR) is 143 cm³/mol. The first kappa shape index (κ1) is 24.6. The van der Waals surface area contributed by atoms with E-state index < -0.39 is 17.5 Å². The maximum atomic E-state index is 11.4. The van der Waals surface area contributed by atoms with Crippen LogP contribution in [0.25, 0.3) is 0 Å². The standard InChI is InChI=1S/C32H24O6/c33-30(34)24-6-4-10-28(20-24)37-27-14-12-22(13-15-27)23-16-18-32(19-17-23,26-8-2-1-3-9-26)38-29-11-5-7-25(21-29)31(35)36/h1-21,23H,(H,33,34)(H,35,36). The van der Waals surface area contributed by atoms with Gasteiger partial charge >= 0.3 is 11.9 Å². The van der Waals surface area contributed by atoms with Gasteiger partial charge in [-0.25, -0.2) is 9.59 Å². The van der Waals surface area contributed by atoms with E-state index in [1.165, 1.54) is 24.3 Å². The molecule has 0 bridgehead atoms. The molecule has 0 unspecified atom stereocenters. The number of rotatable bonds is 8. The molecule has 0 saturated carbocycles. The zero-order valence-electron chi connectivity index (χ0n) is 20.2. The van der Waals surface area contributed by atoms with Crippen LogP contribution in [0.15, 0.2) is 127 Å². The summed E-state index contributed by atoms with van der Waals surface area (Å²) in [4.78, 5) is 22.7. The van der Waals surface area contributed by atoms with E-state index in [-0.39, 0.29) is 17.0 Å². The summed E-state index contributed by atoms with van der Waals surface area (Å²) >= 11 is 0. The quantitative estimate of drug-likeness (QED) is 0.250. The number of hydrogen-bond donors (Lipinski definition) is 2. The summed E-state index contributed by atoms with van der Waals surface area (Å²) in [5.41, 5.74) is 1.38. The molecule has 0 atom stereocenters. The number of carbonyl (C=O) groups is 2. The molecule has 0 aromatic heterocycles. The Bertz CT molecular complexity index is 1510. The van der Waals surface area contributed by atoms with E-state index in [1.807, 2.05) is 66.7 Å². The van der Waals surface area contributed by atoms with Gasteiger partial charge in [0, 0.05) is 11.5 Å². The van der Waals surface area contributed by atoms with E-state index in [1.54, 1.807) is 24.3 Å². The first-order valence-corrected chi connectivity index (χ1v) is 12.0. The molecule has 1 aliphatic carbocycles. The first-order chi connectivity index (χ1) is 18.4. The Morgan fingerprint density at radius 2 is 1.21 bits per heavy atom. The lowest BCUT2D eigenvalue weighted by Crippen LogP contribution is -2.30. The van der Waals surface area contributed by atoms with Gasteiger partial charge in [0.05, 0.1) is 11.1 Å². The van der Waals surface area contributed by atoms with Crippen molar-refractivity contribution in [3.8, 4) is 17.2 Å². The Labute approximate surface area is 219 Å². The summed E-state index contributed by atoms with van der Waals surface area (Å²) in [7, 11) is 0. The third-order valence-electron chi connectivity index (χ3n) is 6.28. The fraction of sp³-hybridized carbons (Fsp3) is 0.0625. The van der Waals surface area contributed by atoms with Crippen LogP contribution in [0, 0.1) is 0 Å². The lowest BCUT2D eigenvalue weighted by molar-refractivity contribution is 0.0685. The van der Waals surface area contributed by atoms with Crippen LogP contribution in [0.2, 0.25) is 0 Å². The number of allylic oxidation sites excluding steroid dienone is 2. The van der Waals surface area contributed by atoms with Crippen LogP contribution >= 0.6 is 0 Å². The molecular formula is C32H24O6. The monoisotopic (exact) mass is 504 g/mol. The highest BCUT2D eigenvalue weighted by Crippen LogP contribution is 2.38. The minimum absolute atomic E-state index is 0.00909. The van der Waals surface area contributed by atoms with Crippen molar-refractivity contribution in [2.75, 3.05) is 0 Å². The molecule has 0 aliphatic heterocycles. The van der Waals surface area contributed by atoms with Gasteiger partial charge in [-0.1, -0.05) is 66.7 Å². The van der Waals surface area contributed by atoms with Crippen molar-refractivity contribution in [2.24, 2.45) is 0 Å². The van der Waals surface area contributed by atoms with E-state index in [0.717, 1.165) is 11.1 Å². The molecule has 38 heavy (non-hydrogen) atoms. The Kier molecular flexibility index (Phi) is 6.78. The molecule has 0 spiro atoms. The van der Waals surface area contributed by atoms with Crippen LogP contribution in [0.1, 0.15) is 37.8 Å². The van der Waals surface area contributed by atoms with Gasteiger partial charge in [0.25, 0.3) is 0 Å². The maximum Gasteiger partial charge on any atom is 0.335 e. The highest BCUT2D eigenvalue weighted by molar-refractivity contribution is 5.88. The SMILES string of the molecule is O=C(O)c1cccc(Oc2ccc(C3C=CC(Oc4cccc(C(=O)O)c4)(c4ccccc4)C=C3)cc2)c1. The summed E-state index contributed by atoms with van der Waals surface area (Å²) in [5, 5.41) is 18.6. The third-order valence-corrected chi connectivity index (χ3v) is 6.28. The van der Waals surface area contributed by atoms with Gasteiger partial charge in [0.1, 0.15) is 17.2 Å². The summed E-state index contributed by atoms with van der Waals surface area (Å²) in [6.07, 6.45) is 8.09. The summed E-state index contributed by atoms with van der Waals surface area (Å²) in [5.74, 6) is -0.528. The Morgan fingerprint density at radius 1 is 0.632 bits per heavy atom. The summed E-state index contributed by atoms with van der Waals surface area (Å²) < 4.78 is 12.3. The maximum absolute atomic E-state index is 11.4. The van der Waals surface area contributed by atoms with Crippen LogP contribution in [0.3, 0.4) is 0 Å². The lowest BCUT2D eigenvalue weighted by Gasteiger charge is -2.32. The summed E-state index contributed by atoms with van der Waals surface area (Å²) in [6, 6.07) is 30.2. The average Bonchev–Trinajstić information content (AvgIpc) is 2.95. The van der Waals surface area contributed by atoms with Gasteiger partial charge in [-0.15, -0.1) is 0 Å². The molecule has 5 rings (SSSR count). The van der Waals surface area contributed by atoms with Crippen LogP contribution in [0.4, 0.5) is 0 Å². The van der Waals surface area contributed by atoms with Crippen molar-refractivity contribution in [2.45, 2.75) is 11.5 Å². The topological polar surface area (TPSA) is 93.1 Å². The van der Waals surface area contributed by atoms with Crippen LogP contribution < -0.4 is 9.47 Å². The van der Waals surface area contributed by atoms with Gasteiger partial charge in [0.15, 0.2) is 5.60 Å². The van der Waals surface area contributed by atoms with Crippen LogP contribution in [-0.4, -0.2) is 22.2 Å². The minimum Gasteiger partial charge on any atom is -0.478 e. The molecule has 1 aliphatic rings. The molecule has 4 aromatic carbocycles. The molecule has 0 heterocycles. The van der Waals surface area contributed by atoms with Crippen molar-refractivity contribution >= 4 is 11.9 Å². The Hall–Kier alpha value is -5.10.